The Kier molecular flexibility index (Phi) is 6.60. The second kappa shape index (κ2) is 8.42. The van der Waals surface area contributed by atoms with Gasteiger partial charge in [-0.3, -0.25) is 0 Å². The van der Waals surface area contributed by atoms with Crippen LogP contribution in [0.2, 0.25) is 0 Å². The van der Waals surface area contributed by atoms with Gasteiger partial charge in [-0.2, -0.15) is 0 Å². The Morgan fingerprint density at radius 1 is 1.41 bits per heavy atom. The molecule has 0 fully saturated rings. The van der Waals surface area contributed by atoms with Gasteiger partial charge < -0.3 is 4.74 Å². The fourth-order valence-corrected chi connectivity index (χ4v) is 1.39. The van der Waals surface area contributed by atoms with E-state index >= 15 is 0 Å². The quantitative estimate of drug-likeness (QED) is 0.507. The summed E-state index contributed by atoms with van der Waals surface area (Å²) in [6.07, 6.45) is 7.86. The number of nitrogens with zero attached hydrogens (tertiary/aromatic N) is 3. The molecule has 0 bridgehead atoms. The van der Waals surface area contributed by atoms with Gasteiger partial charge in [0.05, 0.1) is 12.8 Å². The maximum Gasteiger partial charge on any atom is 0.163 e. The van der Waals surface area contributed by atoms with Crippen LogP contribution in [0.15, 0.2) is 12.3 Å². The SMILES string of the molecule is CCCCCCOc1cnnnc1CC=C=O. The average Bonchev–Trinajstić information content (AvgIpc) is 2.37. The first-order valence-electron chi connectivity index (χ1n) is 5.87. The van der Waals surface area contributed by atoms with Gasteiger partial charge >= 0.3 is 0 Å². The lowest BCUT2D eigenvalue weighted by atomic mass is 10.2. The lowest BCUT2D eigenvalue weighted by Crippen LogP contribution is -2.04. The zero-order valence-corrected chi connectivity index (χ0v) is 10.1. The summed E-state index contributed by atoms with van der Waals surface area (Å²) in [5.41, 5.74) is 0.624. The van der Waals surface area contributed by atoms with E-state index in [0.717, 1.165) is 12.8 Å². The molecule has 17 heavy (non-hydrogen) atoms. The van der Waals surface area contributed by atoms with Gasteiger partial charge in [-0.05, 0) is 11.6 Å². The lowest BCUT2D eigenvalue weighted by Gasteiger charge is -2.07. The second-order valence-corrected chi connectivity index (χ2v) is 3.68. The summed E-state index contributed by atoms with van der Waals surface area (Å²) in [6.45, 7) is 2.81. The third-order valence-corrected chi connectivity index (χ3v) is 2.31. The van der Waals surface area contributed by atoms with Crippen LogP contribution < -0.4 is 4.74 Å². The molecular weight excluding hydrogens is 218 g/mol. The Morgan fingerprint density at radius 2 is 2.29 bits per heavy atom. The van der Waals surface area contributed by atoms with E-state index in [4.69, 9.17) is 4.74 Å². The first-order valence-corrected chi connectivity index (χ1v) is 5.87. The van der Waals surface area contributed by atoms with E-state index in [-0.39, 0.29) is 0 Å². The van der Waals surface area contributed by atoms with Crippen molar-refractivity contribution < 1.29 is 9.53 Å². The Balaban J connectivity index is 2.43. The van der Waals surface area contributed by atoms with Crippen LogP contribution in [0, 0.1) is 0 Å². The second-order valence-electron chi connectivity index (χ2n) is 3.68. The van der Waals surface area contributed by atoms with Crippen LogP contribution in [0.4, 0.5) is 0 Å². The predicted octanol–water partition coefficient (Wildman–Crippen LogP) is 1.76. The molecule has 92 valence electrons. The van der Waals surface area contributed by atoms with Crippen molar-refractivity contribution in [3.8, 4) is 5.75 Å². The Hall–Kier alpha value is -1.74. The number of carbonyl (C=O) groups excluding carboxylic acids is 1. The summed E-state index contributed by atoms with van der Waals surface area (Å²) in [4.78, 5) is 10.1. The number of ether oxygens (including phenoxy) is 1. The Labute approximate surface area is 101 Å². The van der Waals surface area contributed by atoms with Crippen molar-refractivity contribution in [2.75, 3.05) is 6.61 Å². The zero-order valence-electron chi connectivity index (χ0n) is 10.1. The lowest BCUT2D eigenvalue weighted by molar-refractivity contribution is 0.298. The van der Waals surface area contributed by atoms with Crippen LogP contribution in [-0.4, -0.2) is 28.0 Å². The van der Waals surface area contributed by atoms with E-state index < -0.39 is 0 Å². The molecule has 5 heteroatoms. The van der Waals surface area contributed by atoms with Gasteiger partial charge in [0, 0.05) is 12.5 Å². The number of hydrogen-bond acceptors (Lipinski definition) is 5. The zero-order chi connectivity index (χ0) is 12.3. The van der Waals surface area contributed by atoms with Gasteiger partial charge in [0.25, 0.3) is 0 Å². The van der Waals surface area contributed by atoms with E-state index in [0.29, 0.717) is 24.5 Å². The van der Waals surface area contributed by atoms with Crippen molar-refractivity contribution in [3.05, 3.63) is 18.0 Å². The van der Waals surface area contributed by atoms with Gasteiger partial charge in [-0.25, -0.2) is 4.79 Å². The molecule has 0 aliphatic heterocycles. The molecule has 0 aliphatic carbocycles. The summed E-state index contributed by atoms with van der Waals surface area (Å²) in [6, 6.07) is 0. The van der Waals surface area contributed by atoms with Gasteiger partial charge in [-0.1, -0.05) is 26.2 Å². The van der Waals surface area contributed by atoms with E-state index in [1.54, 1.807) is 5.94 Å². The molecule has 0 spiro atoms. The largest absolute Gasteiger partial charge is 0.490 e. The van der Waals surface area contributed by atoms with Crippen LogP contribution in [0.25, 0.3) is 0 Å². The first-order chi connectivity index (χ1) is 8.38. The Morgan fingerprint density at radius 3 is 3.06 bits per heavy atom. The summed E-state index contributed by atoms with van der Waals surface area (Å²) < 4.78 is 5.57. The van der Waals surface area contributed by atoms with Crippen LogP contribution in [0.3, 0.4) is 0 Å². The molecule has 0 aliphatic rings. The van der Waals surface area contributed by atoms with Crippen LogP contribution >= 0.6 is 0 Å². The number of unbranched alkanes of at least 4 members (excludes halogenated alkanes) is 3. The van der Waals surface area contributed by atoms with Gasteiger partial charge in [0.15, 0.2) is 5.75 Å². The minimum atomic E-state index is 0.378. The molecule has 5 nitrogen and oxygen atoms in total. The number of aromatic nitrogens is 3. The summed E-state index contributed by atoms with van der Waals surface area (Å²) >= 11 is 0. The normalized spacial score (nSPS) is 9.71. The molecule has 1 aromatic heterocycles. The number of rotatable bonds is 8. The average molecular weight is 235 g/mol. The van der Waals surface area contributed by atoms with Gasteiger partial charge in [0.1, 0.15) is 11.6 Å². The minimum absolute atomic E-state index is 0.378. The van der Waals surface area contributed by atoms with E-state index in [1.165, 1.54) is 25.1 Å². The van der Waals surface area contributed by atoms with Crippen molar-refractivity contribution in [3.63, 3.8) is 0 Å². The summed E-state index contributed by atoms with van der Waals surface area (Å²) in [5, 5.41) is 11.0. The fourth-order valence-electron chi connectivity index (χ4n) is 1.39. The van der Waals surface area contributed by atoms with Crippen molar-refractivity contribution in [2.45, 2.75) is 39.0 Å². The highest BCUT2D eigenvalue weighted by Gasteiger charge is 2.04. The Bertz CT molecular complexity index is 376. The number of allylic oxidation sites excluding steroid dienone is 1. The molecule has 0 atom stereocenters. The van der Waals surface area contributed by atoms with Crippen LogP contribution in [-0.2, 0) is 11.2 Å². The molecule has 0 N–H and O–H groups in total. The molecule has 0 amide bonds. The monoisotopic (exact) mass is 235 g/mol. The molecule has 1 aromatic rings. The van der Waals surface area contributed by atoms with Crippen molar-refractivity contribution in [1.29, 1.82) is 0 Å². The summed E-state index contributed by atoms with van der Waals surface area (Å²) in [5.74, 6) is 2.31. The van der Waals surface area contributed by atoms with Crippen molar-refractivity contribution in [1.82, 2.24) is 15.4 Å². The predicted molar refractivity (Wildman–Crippen MR) is 63.4 cm³/mol. The van der Waals surface area contributed by atoms with Crippen LogP contribution in [0.5, 0.6) is 5.75 Å². The van der Waals surface area contributed by atoms with E-state index in [2.05, 4.69) is 22.3 Å². The van der Waals surface area contributed by atoms with Crippen LogP contribution in [0.1, 0.15) is 38.3 Å². The maximum absolute atomic E-state index is 10.1. The highest BCUT2D eigenvalue weighted by atomic mass is 16.5. The third kappa shape index (κ3) is 5.22. The molecular formula is C12H17N3O2. The van der Waals surface area contributed by atoms with Gasteiger partial charge in [0.2, 0.25) is 0 Å². The molecule has 1 heterocycles. The van der Waals surface area contributed by atoms with E-state index in [9.17, 15) is 4.79 Å². The summed E-state index contributed by atoms with van der Waals surface area (Å²) in [7, 11) is 0. The highest BCUT2D eigenvalue weighted by Crippen LogP contribution is 2.14. The topological polar surface area (TPSA) is 65.0 Å². The molecule has 0 saturated carbocycles. The molecule has 0 unspecified atom stereocenters. The number of hydrogen-bond donors (Lipinski definition) is 0. The third-order valence-electron chi connectivity index (χ3n) is 2.31. The van der Waals surface area contributed by atoms with E-state index in [1.807, 2.05) is 0 Å². The molecule has 0 radical (unpaired) electrons. The highest BCUT2D eigenvalue weighted by molar-refractivity contribution is 5.46. The maximum atomic E-state index is 10.1. The van der Waals surface area contributed by atoms with Gasteiger partial charge in [-0.15, -0.1) is 10.2 Å². The first kappa shape index (κ1) is 13.3. The van der Waals surface area contributed by atoms with Crippen molar-refractivity contribution in [2.24, 2.45) is 0 Å². The molecule has 0 saturated heterocycles. The molecule has 1 rings (SSSR count). The smallest absolute Gasteiger partial charge is 0.163 e. The fraction of sp³-hybridized carbons (Fsp3) is 0.583. The standard InChI is InChI=1S/C12H17N3O2/c1-2-3-4-5-9-17-12-10-13-15-14-11(12)7-6-8-16/h6,10H,2-5,7,9H2,1H3. The molecule has 0 aromatic carbocycles. The van der Waals surface area contributed by atoms with Crippen molar-refractivity contribution >= 4 is 5.94 Å². The minimum Gasteiger partial charge on any atom is -0.490 e.